The molecular formula is C23H36N2O4. The first-order chi connectivity index (χ1) is 14.1. The second-order valence-corrected chi connectivity index (χ2v) is 10.3. The lowest BCUT2D eigenvalue weighted by atomic mass is 9.72. The molecule has 0 aromatic carbocycles. The van der Waals surface area contributed by atoms with Crippen molar-refractivity contribution < 1.29 is 19.1 Å². The van der Waals surface area contributed by atoms with E-state index in [1.54, 1.807) is 0 Å². The number of carbonyl (C=O) groups is 2. The second kappa shape index (κ2) is 7.84. The molecule has 162 valence electrons. The van der Waals surface area contributed by atoms with Crippen LogP contribution in [0.4, 0.5) is 0 Å². The summed E-state index contributed by atoms with van der Waals surface area (Å²) in [6, 6.07) is 0. The largest absolute Gasteiger partial charge is 0.381 e. The SMILES string of the molecule is O=C(C1CC1C(=O)N1CCC2(CCOCC2)CC1)N1CCC2(CCOCC2)CC1. The van der Waals surface area contributed by atoms with Crippen molar-refractivity contribution >= 4 is 11.8 Å². The van der Waals surface area contributed by atoms with Crippen LogP contribution < -0.4 is 0 Å². The van der Waals surface area contributed by atoms with Gasteiger partial charge in [0.1, 0.15) is 0 Å². The summed E-state index contributed by atoms with van der Waals surface area (Å²) in [4.78, 5) is 30.1. The molecule has 2 atom stereocenters. The fourth-order valence-corrected chi connectivity index (χ4v) is 6.22. The first-order valence-corrected chi connectivity index (χ1v) is 11.8. The molecule has 4 aliphatic heterocycles. The molecule has 5 aliphatic rings. The van der Waals surface area contributed by atoms with Gasteiger partial charge in [0.15, 0.2) is 0 Å². The Morgan fingerprint density at radius 2 is 0.931 bits per heavy atom. The monoisotopic (exact) mass is 404 g/mol. The second-order valence-electron chi connectivity index (χ2n) is 10.3. The zero-order chi connectivity index (χ0) is 19.9. The summed E-state index contributed by atoms with van der Waals surface area (Å²) < 4.78 is 11.1. The molecule has 0 N–H and O–H groups in total. The minimum Gasteiger partial charge on any atom is -0.381 e. The molecule has 2 spiro atoms. The first-order valence-electron chi connectivity index (χ1n) is 11.8. The molecule has 6 nitrogen and oxygen atoms in total. The van der Waals surface area contributed by atoms with Crippen molar-refractivity contribution in [2.45, 2.75) is 57.8 Å². The zero-order valence-electron chi connectivity index (χ0n) is 17.7. The third-order valence-electron chi connectivity index (χ3n) is 8.80. The van der Waals surface area contributed by atoms with Crippen LogP contribution in [0.15, 0.2) is 0 Å². The van der Waals surface area contributed by atoms with Crippen molar-refractivity contribution in [3.63, 3.8) is 0 Å². The Balaban J connectivity index is 1.09. The molecule has 1 saturated carbocycles. The summed E-state index contributed by atoms with van der Waals surface area (Å²) in [6.07, 6.45) is 9.74. The van der Waals surface area contributed by atoms with E-state index in [0.717, 1.165) is 110 Å². The van der Waals surface area contributed by atoms with Crippen LogP contribution in [0.3, 0.4) is 0 Å². The van der Waals surface area contributed by atoms with E-state index in [0.29, 0.717) is 10.8 Å². The van der Waals surface area contributed by atoms with Gasteiger partial charge in [0.25, 0.3) is 0 Å². The van der Waals surface area contributed by atoms with Gasteiger partial charge in [-0.1, -0.05) is 0 Å². The van der Waals surface area contributed by atoms with Crippen molar-refractivity contribution in [2.75, 3.05) is 52.6 Å². The lowest BCUT2D eigenvalue weighted by Crippen LogP contribution is -2.47. The molecule has 0 bridgehead atoms. The van der Waals surface area contributed by atoms with Crippen molar-refractivity contribution in [1.29, 1.82) is 0 Å². The number of rotatable bonds is 2. The van der Waals surface area contributed by atoms with Crippen molar-refractivity contribution in [1.82, 2.24) is 9.80 Å². The van der Waals surface area contributed by atoms with Gasteiger partial charge in [0.05, 0.1) is 11.8 Å². The van der Waals surface area contributed by atoms with Crippen molar-refractivity contribution in [2.24, 2.45) is 22.7 Å². The maximum absolute atomic E-state index is 13.0. The van der Waals surface area contributed by atoms with E-state index < -0.39 is 0 Å². The molecule has 6 heteroatoms. The zero-order valence-corrected chi connectivity index (χ0v) is 17.7. The third-order valence-corrected chi connectivity index (χ3v) is 8.80. The third kappa shape index (κ3) is 3.95. The highest BCUT2D eigenvalue weighted by molar-refractivity contribution is 5.92. The number of piperidine rings is 2. The molecule has 5 fully saturated rings. The highest BCUT2D eigenvalue weighted by Gasteiger charge is 2.52. The molecule has 1 aliphatic carbocycles. The fourth-order valence-electron chi connectivity index (χ4n) is 6.22. The highest BCUT2D eigenvalue weighted by atomic mass is 16.5. The van der Waals surface area contributed by atoms with Crippen LogP contribution in [0.5, 0.6) is 0 Å². The molecule has 29 heavy (non-hydrogen) atoms. The van der Waals surface area contributed by atoms with Crippen LogP contribution in [0.1, 0.15) is 57.8 Å². The normalized spacial score (nSPS) is 33.7. The van der Waals surface area contributed by atoms with Crippen LogP contribution in [0, 0.1) is 22.7 Å². The van der Waals surface area contributed by atoms with Crippen molar-refractivity contribution in [3.8, 4) is 0 Å². The summed E-state index contributed by atoms with van der Waals surface area (Å²) in [5.74, 6) is 0.377. The van der Waals surface area contributed by atoms with E-state index in [4.69, 9.17) is 9.47 Å². The van der Waals surface area contributed by atoms with Gasteiger partial charge in [0.2, 0.25) is 11.8 Å². The van der Waals surface area contributed by atoms with Gasteiger partial charge in [-0.2, -0.15) is 0 Å². The van der Waals surface area contributed by atoms with E-state index >= 15 is 0 Å². The summed E-state index contributed by atoms with van der Waals surface area (Å²) in [5.41, 5.74) is 0.809. The molecule has 4 saturated heterocycles. The van der Waals surface area contributed by atoms with Crippen LogP contribution in [0.2, 0.25) is 0 Å². The molecule has 0 radical (unpaired) electrons. The Hall–Kier alpha value is -1.14. The van der Waals surface area contributed by atoms with E-state index in [2.05, 4.69) is 0 Å². The average molecular weight is 405 g/mol. The van der Waals surface area contributed by atoms with Gasteiger partial charge in [-0.3, -0.25) is 9.59 Å². The summed E-state index contributed by atoms with van der Waals surface area (Å²) >= 11 is 0. The smallest absolute Gasteiger partial charge is 0.226 e. The number of ether oxygens (including phenoxy) is 2. The lowest BCUT2D eigenvalue weighted by molar-refractivity contribution is -0.141. The number of carbonyl (C=O) groups excluding carboxylic acids is 2. The Kier molecular flexibility index (Phi) is 5.35. The molecule has 0 aromatic rings. The maximum Gasteiger partial charge on any atom is 0.226 e. The standard InChI is InChI=1S/C23H36N2O4/c26-20(24-9-1-22(2-10-24)5-13-28-14-6-22)18-17-19(18)21(27)25-11-3-23(4-12-25)7-15-29-16-8-23/h18-19H,1-17H2. The van der Waals surface area contributed by atoms with E-state index in [9.17, 15) is 9.59 Å². The van der Waals surface area contributed by atoms with E-state index in [1.807, 2.05) is 9.80 Å². The maximum atomic E-state index is 13.0. The minimum atomic E-state index is -0.0507. The average Bonchev–Trinajstić information content (AvgIpc) is 3.56. The molecule has 4 heterocycles. The van der Waals surface area contributed by atoms with Gasteiger partial charge in [-0.25, -0.2) is 0 Å². The number of likely N-dealkylation sites (tertiary alicyclic amines) is 2. The number of amides is 2. The van der Waals surface area contributed by atoms with Gasteiger partial charge in [-0.05, 0) is 68.6 Å². The Labute approximate surface area is 174 Å². The summed E-state index contributed by atoms with van der Waals surface area (Å²) in [5, 5.41) is 0. The van der Waals surface area contributed by atoms with Crippen LogP contribution in [-0.2, 0) is 19.1 Å². The quantitative estimate of drug-likeness (QED) is 0.709. The van der Waals surface area contributed by atoms with Gasteiger partial charge in [-0.15, -0.1) is 0 Å². The molecule has 2 unspecified atom stereocenters. The lowest BCUT2D eigenvalue weighted by Gasteiger charge is -2.44. The van der Waals surface area contributed by atoms with Crippen molar-refractivity contribution in [3.05, 3.63) is 0 Å². The van der Waals surface area contributed by atoms with Crippen LogP contribution in [-0.4, -0.2) is 74.2 Å². The molecule has 5 rings (SSSR count). The Bertz CT molecular complexity index is 565. The molecule has 0 aromatic heterocycles. The predicted octanol–water partition coefficient (Wildman–Crippen LogP) is 2.46. The minimum absolute atomic E-state index is 0.0507. The Morgan fingerprint density at radius 3 is 1.28 bits per heavy atom. The van der Waals surface area contributed by atoms with Gasteiger partial charge >= 0.3 is 0 Å². The van der Waals surface area contributed by atoms with Gasteiger partial charge < -0.3 is 19.3 Å². The number of hydrogen-bond donors (Lipinski definition) is 0. The Morgan fingerprint density at radius 1 is 0.586 bits per heavy atom. The van der Waals surface area contributed by atoms with Crippen LogP contribution in [0.25, 0.3) is 0 Å². The van der Waals surface area contributed by atoms with Gasteiger partial charge in [0, 0.05) is 52.6 Å². The number of hydrogen-bond acceptors (Lipinski definition) is 4. The predicted molar refractivity (Wildman–Crippen MR) is 108 cm³/mol. The molecular weight excluding hydrogens is 368 g/mol. The van der Waals surface area contributed by atoms with E-state index in [-0.39, 0.29) is 23.7 Å². The highest BCUT2D eigenvalue weighted by Crippen LogP contribution is 2.46. The fraction of sp³-hybridized carbons (Fsp3) is 0.913. The molecule has 2 amide bonds. The first kappa shape index (κ1) is 19.8. The van der Waals surface area contributed by atoms with Crippen LogP contribution >= 0.6 is 0 Å². The summed E-state index contributed by atoms with van der Waals surface area (Å²) in [6.45, 7) is 6.95. The summed E-state index contributed by atoms with van der Waals surface area (Å²) in [7, 11) is 0. The topological polar surface area (TPSA) is 59.1 Å². The van der Waals surface area contributed by atoms with E-state index in [1.165, 1.54) is 0 Å². The number of nitrogens with zero attached hydrogens (tertiary/aromatic N) is 2.